The number of hydrogen-bond acceptors (Lipinski definition) is 7. The first-order valence-electron chi connectivity index (χ1n) is 9.03. The minimum atomic E-state index is -0.699. The van der Waals surface area contributed by atoms with Crippen molar-refractivity contribution in [2.24, 2.45) is 0 Å². The molecule has 1 atom stereocenters. The van der Waals surface area contributed by atoms with Gasteiger partial charge in [-0.15, -0.1) is 16.4 Å². The molecule has 0 spiro atoms. The van der Waals surface area contributed by atoms with E-state index in [0.717, 1.165) is 47.7 Å². The standard InChI is InChI=1S/C18H24N4O3S2/c1-12-7-10-26-16(12)15(17(23)19-13-5-3-4-6-13)22(8-9-25-2)18(24)14-11-27-21-20-14/h7,10-11,13,15H,3-6,8-9H2,1-2H3,(H,19,23)/t15-/m1/s1. The molecule has 2 amide bonds. The van der Waals surface area contributed by atoms with E-state index in [4.69, 9.17) is 4.74 Å². The zero-order valence-electron chi connectivity index (χ0n) is 15.5. The molecule has 0 aromatic carbocycles. The third-order valence-corrected chi connectivity index (χ3v) is 6.36. The Labute approximate surface area is 166 Å². The first kappa shape index (κ1) is 19.9. The van der Waals surface area contributed by atoms with Crippen LogP contribution in [0.3, 0.4) is 0 Å². The molecule has 1 aliphatic rings. The lowest BCUT2D eigenvalue weighted by Gasteiger charge is -2.31. The van der Waals surface area contributed by atoms with E-state index in [1.165, 1.54) is 11.3 Å². The Balaban J connectivity index is 1.92. The average Bonchev–Trinajstić information content (AvgIpc) is 3.41. The number of aryl methyl sites for hydroxylation is 1. The van der Waals surface area contributed by atoms with Crippen LogP contribution < -0.4 is 5.32 Å². The van der Waals surface area contributed by atoms with Crippen LogP contribution in [0.2, 0.25) is 0 Å². The van der Waals surface area contributed by atoms with Crippen molar-refractivity contribution in [3.8, 4) is 0 Å². The summed E-state index contributed by atoms with van der Waals surface area (Å²) in [5.41, 5.74) is 1.25. The van der Waals surface area contributed by atoms with Crippen LogP contribution >= 0.6 is 22.9 Å². The van der Waals surface area contributed by atoms with Crippen molar-refractivity contribution in [2.45, 2.75) is 44.7 Å². The highest BCUT2D eigenvalue weighted by Crippen LogP contribution is 2.31. The molecule has 2 aromatic rings. The molecule has 27 heavy (non-hydrogen) atoms. The van der Waals surface area contributed by atoms with Crippen LogP contribution in [0.25, 0.3) is 0 Å². The summed E-state index contributed by atoms with van der Waals surface area (Å²) in [6, 6.07) is 1.45. The van der Waals surface area contributed by atoms with E-state index >= 15 is 0 Å². The number of nitrogens with one attached hydrogen (secondary N) is 1. The fourth-order valence-corrected chi connectivity index (χ4v) is 4.83. The molecule has 2 heterocycles. The van der Waals surface area contributed by atoms with Gasteiger partial charge in [-0.2, -0.15) is 0 Å². The first-order chi connectivity index (χ1) is 13.1. The predicted octanol–water partition coefficient (Wildman–Crippen LogP) is 2.80. The van der Waals surface area contributed by atoms with Crippen molar-refractivity contribution < 1.29 is 14.3 Å². The minimum Gasteiger partial charge on any atom is -0.383 e. The van der Waals surface area contributed by atoms with E-state index in [-0.39, 0.29) is 23.6 Å². The topological polar surface area (TPSA) is 84.4 Å². The lowest BCUT2D eigenvalue weighted by molar-refractivity contribution is -0.126. The molecule has 1 saturated carbocycles. The summed E-state index contributed by atoms with van der Waals surface area (Å²) in [6.45, 7) is 2.60. The van der Waals surface area contributed by atoms with Crippen molar-refractivity contribution in [1.82, 2.24) is 19.8 Å². The van der Waals surface area contributed by atoms with Gasteiger partial charge >= 0.3 is 0 Å². The van der Waals surface area contributed by atoms with Crippen LogP contribution in [-0.2, 0) is 9.53 Å². The molecule has 146 valence electrons. The minimum absolute atomic E-state index is 0.139. The van der Waals surface area contributed by atoms with Gasteiger partial charge in [-0.3, -0.25) is 9.59 Å². The number of nitrogens with zero attached hydrogens (tertiary/aromatic N) is 3. The van der Waals surface area contributed by atoms with Gasteiger partial charge in [0.1, 0.15) is 6.04 Å². The Morgan fingerprint density at radius 3 is 2.78 bits per heavy atom. The largest absolute Gasteiger partial charge is 0.383 e. The molecule has 0 saturated heterocycles. The summed E-state index contributed by atoms with van der Waals surface area (Å²) >= 11 is 2.61. The van der Waals surface area contributed by atoms with Gasteiger partial charge in [-0.05, 0) is 48.3 Å². The maximum absolute atomic E-state index is 13.3. The van der Waals surface area contributed by atoms with Crippen LogP contribution in [0.4, 0.5) is 0 Å². The maximum atomic E-state index is 13.3. The second-order valence-electron chi connectivity index (χ2n) is 6.64. The van der Waals surface area contributed by atoms with Gasteiger partial charge in [0.2, 0.25) is 5.91 Å². The molecule has 0 bridgehead atoms. The fourth-order valence-electron chi connectivity index (χ4n) is 3.36. The molecule has 7 nitrogen and oxygen atoms in total. The number of methoxy groups -OCH3 is 1. The van der Waals surface area contributed by atoms with Crippen LogP contribution in [0.5, 0.6) is 0 Å². The highest BCUT2D eigenvalue weighted by molar-refractivity contribution is 7.10. The summed E-state index contributed by atoms with van der Waals surface area (Å²) in [6.07, 6.45) is 4.24. The monoisotopic (exact) mass is 408 g/mol. The Hall–Kier alpha value is -1.84. The SMILES string of the molecule is COCCN(C(=O)c1csnn1)[C@@H](C(=O)NC1CCCC1)c1sccc1C. The van der Waals surface area contributed by atoms with Gasteiger partial charge in [-0.1, -0.05) is 17.3 Å². The van der Waals surface area contributed by atoms with Gasteiger partial charge in [-0.25, -0.2) is 0 Å². The van der Waals surface area contributed by atoms with E-state index in [1.54, 1.807) is 17.4 Å². The van der Waals surface area contributed by atoms with Crippen LogP contribution in [0, 0.1) is 6.92 Å². The van der Waals surface area contributed by atoms with Crippen LogP contribution in [-0.4, -0.2) is 52.6 Å². The lowest BCUT2D eigenvalue weighted by Crippen LogP contribution is -2.47. The van der Waals surface area contributed by atoms with Gasteiger partial charge in [0.05, 0.1) is 6.61 Å². The fraction of sp³-hybridized carbons (Fsp3) is 0.556. The normalized spacial score (nSPS) is 15.6. The maximum Gasteiger partial charge on any atom is 0.276 e. The Morgan fingerprint density at radius 2 is 2.19 bits per heavy atom. The van der Waals surface area contributed by atoms with Crippen molar-refractivity contribution >= 4 is 34.7 Å². The van der Waals surface area contributed by atoms with E-state index in [1.807, 2.05) is 18.4 Å². The predicted molar refractivity (Wildman–Crippen MR) is 105 cm³/mol. The number of rotatable bonds is 8. The van der Waals surface area contributed by atoms with Crippen molar-refractivity contribution in [2.75, 3.05) is 20.3 Å². The van der Waals surface area contributed by atoms with Crippen molar-refractivity contribution in [3.05, 3.63) is 33.0 Å². The second-order valence-corrected chi connectivity index (χ2v) is 8.20. The number of ether oxygens (including phenoxy) is 1. The van der Waals surface area contributed by atoms with Crippen molar-refractivity contribution in [3.63, 3.8) is 0 Å². The summed E-state index contributed by atoms with van der Waals surface area (Å²) in [7, 11) is 1.58. The molecule has 0 aliphatic heterocycles. The van der Waals surface area contributed by atoms with Crippen molar-refractivity contribution in [1.29, 1.82) is 0 Å². The molecule has 0 unspecified atom stereocenters. The summed E-state index contributed by atoms with van der Waals surface area (Å²) in [4.78, 5) is 28.8. The molecule has 3 rings (SSSR count). The molecular formula is C18H24N4O3S2. The molecular weight excluding hydrogens is 384 g/mol. The molecule has 9 heteroatoms. The zero-order chi connectivity index (χ0) is 19.2. The Bertz CT molecular complexity index is 757. The number of carbonyl (C=O) groups is 2. The van der Waals surface area contributed by atoms with Crippen LogP contribution in [0.15, 0.2) is 16.8 Å². The zero-order valence-corrected chi connectivity index (χ0v) is 17.1. The molecule has 1 N–H and O–H groups in total. The average molecular weight is 409 g/mol. The summed E-state index contributed by atoms with van der Waals surface area (Å²) in [5, 5.41) is 10.6. The molecule has 1 fully saturated rings. The number of amides is 2. The third kappa shape index (κ3) is 4.72. The molecule has 0 radical (unpaired) electrons. The lowest BCUT2D eigenvalue weighted by atomic mass is 10.1. The number of carbonyl (C=O) groups excluding carboxylic acids is 2. The van der Waals surface area contributed by atoms with E-state index in [9.17, 15) is 9.59 Å². The quantitative estimate of drug-likeness (QED) is 0.726. The van der Waals surface area contributed by atoms with Gasteiger partial charge in [0.25, 0.3) is 5.91 Å². The smallest absolute Gasteiger partial charge is 0.276 e. The second kappa shape index (κ2) is 9.38. The van der Waals surface area contributed by atoms with Crippen LogP contribution in [0.1, 0.15) is 52.7 Å². The number of hydrogen-bond donors (Lipinski definition) is 1. The highest BCUT2D eigenvalue weighted by Gasteiger charge is 2.35. The summed E-state index contributed by atoms with van der Waals surface area (Å²) < 4.78 is 8.98. The highest BCUT2D eigenvalue weighted by atomic mass is 32.1. The number of aromatic nitrogens is 2. The summed E-state index contributed by atoms with van der Waals surface area (Å²) in [5.74, 6) is -0.444. The van der Waals surface area contributed by atoms with E-state index < -0.39 is 6.04 Å². The van der Waals surface area contributed by atoms with Gasteiger partial charge < -0.3 is 15.0 Å². The first-order valence-corrected chi connectivity index (χ1v) is 10.7. The Kier molecular flexibility index (Phi) is 6.92. The number of thiophene rings is 1. The van der Waals surface area contributed by atoms with Gasteiger partial charge in [0, 0.05) is 30.0 Å². The van der Waals surface area contributed by atoms with E-state index in [2.05, 4.69) is 14.9 Å². The molecule has 1 aliphatic carbocycles. The third-order valence-electron chi connectivity index (χ3n) is 4.79. The van der Waals surface area contributed by atoms with E-state index in [0.29, 0.717) is 13.2 Å². The Morgan fingerprint density at radius 1 is 1.41 bits per heavy atom. The molecule has 2 aromatic heterocycles. The van der Waals surface area contributed by atoms with Gasteiger partial charge in [0.15, 0.2) is 5.69 Å².